The van der Waals surface area contributed by atoms with Gasteiger partial charge in [0.05, 0.1) is 52.3 Å². The standard InChI is InChI=1S/2C20H21F2N9O10P2S2.C19H20F2N10O10P2S2/c2*21-9-7-3-36-42(34,44)40-13-8(39-18(10(13)22)30-5-25-11-6(32)1-2-24-15(11)30)4-37-43(35,45)41-14(9)19(38-7)31-16-12(28-29-31)17(33)27-20(23)26-16;20-8-6-3-36-42(34,44)40-12-7(39-17(9(12)21)30-14-10(26-28-30)5(32)1-2-23-14)4-37-43(35,45)41-13(8)18(38-6)31-15-11(27-29-31)16(33)25-19(22)24-15/h2*2,5,7-10,13-14,18-19H,1,3-4H2,(H,34,44)(H,35,45)(H3,23,26,27,33);2,6-9,12-13,17-18H,1,3-4H2,(H,34,44)(H,35,45)(H3,22,24,25,33)/t2*7-,8-,9-,10+,13-,14-,18-,19-,42?,43?;6-,7-,8-,9+,12-,13-,17-,18-,42?,43?/m111/s1. The zero-order valence-corrected chi connectivity index (χ0v) is 76.9. The number of aromatic nitrogens is 22. The first-order valence-corrected chi connectivity index (χ1v) is 54.4. The van der Waals surface area contributed by atoms with Gasteiger partial charge in [0.25, 0.3) is 16.7 Å². The lowest BCUT2D eigenvalue weighted by atomic mass is 10.1. The highest BCUT2D eigenvalue weighted by Crippen LogP contribution is 2.62. The van der Waals surface area contributed by atoms with Crippen molar-refractivity contribution in [3.05, 3.63) is 60.8 Å². The molecule has 9 aromatic heterocycles. The highest BCUT2D eigenvalue weighted by molar-refractivity contribution is 8.44. The van der Waals surface area contributed by atoms with E-state index in [-0.39, 0.29) is 117 Å². The number of nitrogen functional groups attached to an aromatic ring is 3. The molecule has 14 N–H and O–H groups in total. The van der Waals surface area contributed by atoms with Crippen LogP contribution in [0.2, 0.25) is 0 Å². The predicted molar refractivity (Wildman–Crippen MR) is 454 cm³/mol. The Morgan fingerprint density at radius 2 is 0.659 bits per heavy atom. The molecule has 9 fully saturated rings. The van der Waals surface area contributed by atoms with Crippen molar-refractivity contribution in [3.8, 4) is 0 Å². The summed E-state index contributed by atoms with van der Waals surface area (Å²) < 4.78 is 214. The topological polar surface area (TPSA) is 746 Å². The van der Waals surface area contributed by atoms with E-state index >= 15 is 26.3 Å². The Labute approximate surface area is 773 Å². The third-order valence-electron chi connectivity index (χ3n) is 21.6. The van der Waals surface area contributed by atoms with Crippen LogP contribution in [0.3, 0.4) is 0 Å². The largest absolute Gasteiger partial charge is 0.386 e. The highest BCUT2D eigenvalue weighted by Gasteiger charge is 2.60. The number of aliphatic imine (C=N–C) groups is 3. The van der Waals surface area contributed by atoms with Crippen molar-refractivity contribution in [2.24, 2.45) is 15.0 Å². The lowest BCUT2D eigenvalue weighted by Crippen LogP contribution is -2.34. The van der Waals surface area contributed by atoms with Crippen LogP contribution in [0.25, 0.3) is 33.5 Å². The van der Waals surface area contributed by atoms with Gasteiger partial charge in [-0.15, -0.1) is 20.4 Å². The Morgan fingerprint density at radius 1 is 0.370 bits per heavy atom. The number of carbonyl (C=O) groups is 3. The number of anilines is 3. The second-order valence-electron chi connectivity index (χ2n) is 30.2. The molecule has 9 saturated heterocycles. The minimum atomic E-state index is -4.53. The van der Waals surface area contributed by atoms with E-state index in [9.17, 15) is 57.8 Å². The van der Waals surface area contributed by atoms with E-state index in [4.69, 9.17) is 159 Å². The van der Waals surface area contributed by atoms with E-state index in [1.54, 1.807) is 0 Å². The summed E-state index contributed by atoms with van der Waals surface area (Å²) >= 11 is 29.5. The number of rotatable bonds is 6. The van der Waals surface area contributed by atoms with Crippen LogP contribution in [-0.2, 0) is 146 Å². The number of thiol groups is 1. The van der Waals surface area contributed by atoms with E-state index in [1.165, 1.54) is 23.2 Å². The zero-order valence-electron chi connectivity index (χ0n) is 66.6. The van der Waals surface area contributed by atoms with Gasteiger partial charge in [0.1, 0.15) is 73.2 Å². The minimum Gasteiger partial charge on any atom is -0.369 e. The van der Waals surface area contributed by atoms with Gasteiger partial charge < -0.3 is 92.7 Å². The maximum atomic E-state index is 16.0. The summed E-state index contributed by atoms with van der Waals surface area (Å²) in [6, 6.07) is 0. The summed E-state index contributed by atoms with van der Waals surface area (Å²) in [5, 5.41) is 30.1. The average Bonchev–Trinajstić information content (AvgIpc) is 1.62. The Morgan fingerprint density at radius 3 is 1.02 bits per heavy atom. The van der Waals surface area contributed by atoms with Crippen LogP contribution < -0.4 is 33.9 Å². The number of H-pyrrole nitrogens is 3. The molecule has 0 aromatic carbocycles. The van der Waals surface area contributed by atoms with Crippen LogP contribution >= 0.6 is 52.6 Å². The number of nitrogens with zero attached hydrogens (tertiary/aromatic N) is 22. The van der Waals surface area contributed by atoms with Gasteiger partial charge in [-0.1, -0.05) is 33.1 Å². The Balaban J connectivity index is 0.000000130. The highest BCUT2D eigenvalue weighted by atomic mass is 32.7. The molecule has 6 unspecified atom stereocenters. The van der Waals surface area contributed by atoms with Crippen LogP contribution in [-0.4, -0.2) is 319 Å². The number of Topliss-reactive ketones (excluding diaryl/α,β-unsaturated/α-hetero) is 3. The minimum absolute atomic E-state index is 0.00457. The molecular weight excluding hydrogens is 2070 g/mol. The van der Waals surface area contributed by atoms with Crippen molar-refractivity contribution in [2.75, 3.05) is 56.8 Å². The predicted octanol–water partition coefficient (Wildman–Crippen LogP) is 0.228. The second kappa shape index (κ2) is 36.8. The summed E-state index contributed by atoms with van der Waals surface area (Å²) in [5.41, 5.74) is 13.2. The van der Waals surface area contributed by atoms with Gasteiger partial charge in [0.15, 0.2) is 160 Å². The molecular formula is C59H62F6N28O30P6S6. The smallest absolute Gasteiger partial charge is 0.369 e. The molecule has 0 radical (unpaired) electrons. The third kappa shape index (κ3) is 18.8. The van der Waals surface area contributed by atoms with Crippen molar-refractivity contribution in [1.82, 2.24) is 109 Å². The summed E-state index contributed by atoms with van der Waals surface area (Å²) in [7, 11) is 0. The number of carbonyl (C=O) groups excluding carboxylic acids is 3. The van der Waals surface area contributed by atoms with Crippen molar-refractivity contribution < 1.29 is 152 Å². The first kappa shape index (κ1) is 96.2. The lowest BCUT2D eigenvalue weighted by Gasteiger charge is -2.27. The number of alkyl halides is 6. The van der Waals surface area contributed by atoms with Crippen molar-refractivity contribution in [3.63, 3.8) is 0 Å². The number of aromatic amines is 3. The monoisotopic (exact) mass is 2130 g/mol. The molecule has 0 spiro atoms. The molecule has 30 atom stereocenters. The van der Waals surface area contributed by atoms with Gasteiger partial charge in [-0.3, -0.25) is 84.5 Å². The molecule has 135 heavy (non-hydrogen) atoms. The molecule has 12 aliphatic rings. The normalized spacial score (nSPS) is 38.8. The maximum absolute atomic E-state index is 16.0. The molecule has 0 amide bonds. The quantitative estimate of drug-likeness (QED) is 0.0602. The summed E-state index contributed by atoms with van der Waals surface area (Å²) in [6.45, 7) is -30.8. The molecule has 58 nitrogen and oxygen atoms in total. The fourth-order valence-corrected chi connectivity index (χ4v) is 24.1. The second-order valence-corrected chi connectivity index (χ2v) is 47.0. The molecule has 0 saturated carbocycles. The maximum Gasteiger partial charge on any atom is 0.386 e. The van der Waals surface area contributed by atoms with Gasteiger partial charge in [0, 0.05) is 37.9 Å². The number of nitrogens with one attached hydrogen (secondary N) is 3. The number of imidazole rings is 2. The third-order valence-corrected chi connectivity index (χ3v) is 31.0. The summed E-state index contributed by atoms with van der Waals surface area (Å²) in [5.74, 6) is -1.99. The number of ketones is 3. The fraction of sp³-hybridized carbons (Fsp3) is 0.559. The average molecular weight is 2140 g/mol. The Bertz CT molecular complexity index is 6260. The molecule has 6 bridgehead atoms. The zero-order chi connectivity index (χ0) is 95.5. The SMILES string of the molecule is Nc1nc2c(nnn2[C@@H]2O[C@@H]3COP(O)(=S)O[C@H]4[C@H](F)[C@H](n5cnc6c5N=CCC6=O)O[C@@H]4COP(=O)(S)O[C@@H]2[C@@H]3F)c(=O)[nH]1.Nc1nc2c(nnn2[C@@H]2O[C@@H]3COP(O)(=S)O[C@H]4[C@H](F)[C@H](n5cnc6c5N=CCC6=O)O[C@@H]4COP(O)(=S)O[C@@H]2[C@@H]3F)c(=O)[nH]1.Nc1nc2c(nnn2[C@@H]2O[C@@H]3COP(O)(=S)O[C@H]4[C@H](F)[C@H](n5nnc6c5N=CCC6=O)O[C@@H]4COP(O)(=S)O[C@@H]2[C@@H]3F)c(=O)[nH]1. The van der Waals surface area contributed by atoms with Gasteiger partial charge in [-0.05, 0) is 59.0 Å². The number of hydrogen-bond donors (Lipinski definition) is 12. The number of hydrogen-bond acceptors (Lipinski definition) is 49. The molecule has 12 aliphatic heterocycles. The first-order valence-electron chi connectivity index (χ1n) is 38.7. The number of halogens is 6. The van der Waals surface area contributed by atoms with Gasteiger partial charge >= 0.3 is 40.4 Å². The molecule has 9 aromatic rings. The molecule has 726 valence electrons. The van der Waals surface area contributed by atoms with Crippen LogP contribution in [0.15, 0.2) is 42.0 Å². The van der Waals surface area contributed by atoms with Gasteiger partial charge in [0.2, 0.25) is 17.8 Å². The molecule has 0 aliphatic carbocycles. The van der Waals surface area contributed by atoms with Crippen LogP contribution in [0.1, 0.15) is 88.1 Å². The molecule has 21 rings (SSSR count). The lowest BCUT2D eigenvalue weighted by molar-refractivity contribution is -0.0655. The van der Waals surface area contributed by atoms with Crippen LogP contribution in [0.5, 0.6) is 0 Å². The number of nitrogens with two attached hydrogens (primary N) is 3. The fourth-order valence-electron chi connectivity index (χ4n) is 15.5. The Hall–Kier alpha value is -7.69. The van der Waals surface area contributed by atoms with Crippen LogP contribution in [0, 0.1) is 0 Å². The van der Waals surface area contributed by atoms with Gasteiger partial charge in [-0.2, -0.15) is 33.7 Å². The molecule has 76 heteroatoms. The summed E-state index contributed by atoms with van der Waals surface area (Å²) in [6.07, 6.45) is -35.0. The number of ether oxygens (including phenoxy) is 6. The van der Waals surface area contributed by atoms with Crippen LogP contribution in [0.4, 0.5) is 61.6 Å². The molecule has 21 heterocycles. The summed E-state index contributed by atoms with van der Waals surface area (Å²) in [4.78, 5) is 167. The van der Waals surface area contributed by atoms with E-state index in [1.807, 2.05) is 0 Å². The van der Waals surface area contributed by atoms with Crippen molar-refractivity contribution in [2.45, 2.75) is 167 Å². The van der Waals surface area contributed by atoms with Crippen molar-refractivity contribution in [1.29, 1.82) is 0 Å². The first-order chi connectivity index (χ1) is 63.9. The van der Waals surface area contributed by atoms with Gasteiger partial charge in [-0.25, -0.2) is 55.9 Å². The van der Waals surface area contributed by atoms with E-state index in [2.05, 4.69) is 108 Å². The van der Waals surface area contributed by atoms with E-state index in [0.29, 0.717) is 0 Å². The van der Waals surface area contributed by atoms with E-state index in [0.717, 1.165) is 35.9 Å². The van der Waals surface area contributed by atoms with E-state index < -0.39 is 250 Å². The number of fused-ring (bicyclic) bond motifs is 15. The van der Waals surface area contributed by atoms with Crippen molar-refractivity contribution >= 4 is 216 Å². The Kier molecular flexibility index (Phi) is 26.2.